The minimum atomic E-state index is -2.18. The summed E-state index contributed by atoms with van der Waals surface area (Å²) >= 11 is 2.20. The van der Waals surface area contributed by atoms with Gasteiger partial charge >= 0.3 is 5.97 Å². The number of amides is 1. The average molecular weight is 1600 g/mol. The molecule has 1 aliphatic carbocycles. The Kier molecular flexibility index (Phi) is 30.1. The zero-order chi connectivity index (χ0) is 76.7. The van der Waals surface area contributed by atoms with E-state index in [1.807, 2.05) is 84.0 Å². The first-order chi connectivity index (χ1) is 49.7. The number of unbranched alkanes of at least 4 members (excludes halogenated alkanes) is 5. The van der Waals surface area contributed by atoms with Crippen molar-refractivity contribution in [2.24, 2.45) is 22.2 Å². The summed E-state index contributed by atoms with van der Waals surface area (Å²) in [4.78, 5) is 29.4. The van der Waals surface area contributed by atoms with Crippen molar-refractivity contribution < 1.29 is 133 Å². The molecule has 1 amide bonds. The van der Waals surface area contributed by atoms with E-state index in [1.54, 1.807) is 0 Å². The van der Waals surface area contributed by atoms with Crippen LogP contribution in [0.5, 0.6) is 11.5 Å². The SMILES string of the molecule is CCCC(O)[C@](CCC(C)(C)C)(C(=O)O[C@@H]1OC2O[C@@H]2C(O)C1O[C@@H]1OC(C)[C@H](O[C@@H]2OC[C@@H](O)C(O)CC2O)C(O[C@@H]2OC(CO)[C@@H](O)C(O)C2O)C1O)C(I)/C(C)=C/CC(C)C(C)(C)CC[C@@H](CC)O[C@@H]1OC2(C(=O)NCCCCCCCCc3ccc(Oc4ccccc4)cc3)[C@@H](O)[C@H](O)C12O. The molecule has 0 spiro atoms. The molecule has 6 aliphatic heterocycles. The van der Waals surface area contributed by atoms with Crippen LogP contribution in [0.2, 0.25) is 0 Å². The summed E-state index contributed by atoms with van der Waals surface area (Å²) in [5, 5.41) is 148. The van der Waals surface area contributed by atoms with Crippen molar-refractivity contribution in [2.75, 3.05) is 19.8 Å². The number of ether oxygens (including phenoxy) is 12. The number of benzene rings is 2. The van der Waals surface area contributed by atoms with Gasteiger partial charge in [-0.1, -0.05) is 152 Å². The number of epoxide rings is 1. The highest BCUT2D eigenvalue weighted by molar-refractivity contribution is 14.1. The van der Waals surface area contributed by atoms with E-state index < -0.39 is 200 Å². The van der Waals surface area contributed by atoms with Crippen LogP contribution in [0.15, 0.2) is 66.2 Å². The summed E-state index contributed by atoms with van der Waals surface area (Å²) in [6, 6.07) is 17.8. The number of nitrogens with one attached hydrogen (secondary N) is 1. The highest BCUT2D eigenvalue weighted by atomic mass is 127. The number of halogens is 1. The monoisotopic (exact) mass is 1600 g/mol. The summed E-state index contributed by atoms with van der Waals surface area (Å²) in [5.74, 6) is 0.00741. The maximum atomic E-state index is 15.7. The Morgan fingerprint density at radius 1 is 0.705 bits per heavy atom. The third kappa shape index (κ3) is 19.4. The van der Waals surface area contributed by atoms with E-state index in [0.29, 0.717) is 51.5 Å². The highest BCUT2D eigenvalue weighted by Crippen LogP contribution is 2.59. The molecule has 0 radical (unpaired) electrons. The first-order valence-electron chi connectivity index (χ1n) is 37.6. The van der Waals surface area contributed by atoms with Gasteiger partial charge in [-0.3, -0.25) is 9.59 Å². The summed E-state index contributed by atoms with van der Waals surface area (Å²) < 4.78 is 72.0. The van der Waals surface area contributed by atoms with E-state index in [9.17, 15) is 71.2 Å². The molecule has 28 nitrogen and oxygen atoms in total. The van der Waals surface area contributed by atoms with Crippen molar-refractivity contribution in [3.8, 4) is 11.5 Å². The van der Waals surface area contributed by atoms with Gasteiger partial charge in [0.1, 0.15) is 96.3 Å². The van der Waals surface area contributed by atoms with Crippen LogP contribution in [0, 0.1) is 22.2 Å². The third-order valence-electron chi connectivity index (χ3n) is 22.6. The number of alkyl halides is 1. The summed E-state index contributed by atoms with van der Waals surface area (Å²) in [6.07, 6.45) is -25.1. The molecule has 2 aromatic carbocycles. The molecule has 2 aromatic rings. The van der Waals surface area contributed by atoms with E-state index >= 15 is 4.79 Å². The van der Waals surface area contributed by atoms with E-state index in [2.05, 4.69) is 66.9 Å². The molecule has 7 fully saturated rings. The lowest BCUT2D eigenvalue weighted by molar-refractivity contribution is -0.505. The van der Waals surface area contributed by atoms with Crippen LogP contribution in [0.3, 0.4) is 0 Å². The van der Waals surface area contributed by atoms with E-state index in [-0.39, 0.29) is 29.6 Å². The molecule has 29 atom stereocenters. The van der Waals surface area contributed by atoms with Gasteiger partial charge in [0, 0.05) is 13.0 Å². The molecule has 1 saturated carbocycles. The number of aliphatic hydroxyl groups is 13. The molecule has 0 bridgehead atoms. The average Bonchev–Trinajstić information content (AvgIpc) is 1.07. The molecular formula is C76H118INO27. The normalized spacial score (nSPS) is 37.4. The largest absolute Gasteiger partial charge is 0.457 e. The van der Waals surface area contributed by atoms with Crippen molar-refractivity contribution in [2.45, 2.75) is 335 Å². The summed E-state index contributed by atoms with van der Waals surface area (Å²) in [6.45, 7) is 18.6. The first kappa shape index (κ1) is 85.7. The number of aryl methyl sites for hydroxylation is 1. The Hall–Kier alpha value is -3.27. The van der Waals surface area contributed by atoms with Crippen molar-refractivity contribution >= 4 is 34.5 Å². The van der Waals surface area contributed by atoms with E-state index in [0.717, 1.165) is 55.6 Å². The number of carbonyl (C=O) groups excluding carboxylic acids is 2. The van der Waals surface area contributed by atoms with Crippen molar-refractivity contribution in [3.63, 3.8) is 0 Å². The maximum Gasteiger partial charge on any atom is 0.318 e. The van der Waals surface area contributed by atoms with Crippen LogP contribution in [0.1, 0.15) is 171 Å². The van der Waals surface area contributed by atoms with E-state index in [4.69, 9.17) is 56.8 Å². The number of esters is 1. The van der Waals surface area contributed by atoms with Crippen LogP contribution in [-0.2, 0) is 68.1 Å². The van der Waals surface area contributed by atoms with Crippen molar-refractivity contribution in [1.82, 2.24) is 5.32 Å². The fraction of sp³-hybridized carbons (Fsp3) is 0.789. The van der Waals surface area contributed by atoms with Crippen LogP contribution < -0.4 is 10.1 Å². The maximum absolute atomic E-state index is 15.7. The molecule has 6 heterocycles. The highest BCUT2D eigenvalue weighted by Gasteiger charge is 2.88. The van der Waals surface area contributed by atoms with Crippen molar-refractivity contribution in [1.29, 1.82) is 0 Å². The second-order valence-electron chi connectivity index (χ2n) is 31.8. The number of aliphatic hydroxyl groups excluding tert-OH is 12. The van der Waals surface area contributed by atoms with Gasteiger partial charge in [-0.2, -0.15) is 0 Å². The Morgan fingerprint density at radius 2 is 1.35 bits per heavy atom. The molecule has 0 aromatic heterocycles. The fourth-order valence-corrected chi connectivity index (χ4v) is 16.1. The minimum absolute atomic E-state index is 0.00946. The second kappa shape index (κ2) is 36.9. The lowest BCUT2D eigenvalue weighted by atomic mass is 9.55. The zero-order valence-electron chi connectivity index (χ0n) is 62.1. The Balaban J connectivity index is 0.810. The number of para-hydroxylation sites is 1. The molecule has 16 unspecified atom stereocenters. The molecular weight excluding hydrogens is 1490 g/mol. The number of fused-ring (bicyclic) bond motifs is 2. The van der Waals surface area contributed by atoms with Crippen LogP contribution >= 0.6 is 22.6 Å². The molecule has 29 heteroatoms. The van der Waals surface area contributed by atoms with Gasteiger partial charge in [0.15, 0.2) is 43.2 Å². The third-order valence-corrected chi connectivity index (χ3v) is 24.7. The standard InChI is InChI=1S/C76H118INO27/c1-11-22-51(83)74(35-34-72(6,7)8,70(92)104-68-60(55(87)59-67(102-59)103-68)101-66-56(88)58(100-65-54(86)53(85)52(84)50(38-79)98-65)57(42(5)95-66)99-64-48(81)37-47(80)49(82)39-94-64)61(77)40(3)26-27-41(4)73(9,10)33-32-44(12-2)97-71-75(93)62(89)63(90)76(75,105-71)69(91)78-36-21-16-14-13-15-18-23-43-28-30-46(31-29-43)96-45-24-19-17-20-25-45/h17,19-20,24-26,28-31,41-42,44,47-68,71,79-90,93H,11-16,18,21-23,27,32-39H2,1-10H3,(H,78,91)/b40-26+/t41?,42?,44-,47?,48?,49-,50?,51?,52-,53?,54?,55?,56?,57+,58?,59-,60?,61?,62+,63+,64+,65+,66+,67?,68+,71-,74+,75?,76?/m1/s1. The smallest absolute Gasteiger partial charge is 0.318 e. The van der Waals surface area contributed by atoms with Gasteiger partial charge in [-0.05, 0) is 125 Å². The number of hydrogen-bond acceptors (Lipinski definition) is 27. The Bertz CT molecular complexity index is 3080. The van der Waals surface area contributed by atoms with Gasteiger partial charge in [0.25, 0.3) is 5.91 Å². The van der Waals surface area contributed by atoms with Crippen LogP contribution in [-0.4, -0.2) is 261 Å². The predicted octanol–water partition coefficient (Wildman–Crippen LogP) is 4.27. The molecule has 9 rings (SSSR count). The Morgan fingerprint density at radius 3 is 2.02 bits per heavy atom. The van der Waals surface area contributed by atoms with Crippen LogP contribution in [0.4, 0.5) is 0 Å². The quantitative estimate of drug-likeness (QED) is 0.0112. The summed E-state index contributed by atoms with van der Waals surface area (Å²) in [5.41, 5.74) is -4.61. The molecule has 596 valence electrons. The van der Waals surface area contributed by atoms with Gasteiger partial charge in [0.2, 0.25) is 11.9 Å². The van der Waals surface area contributed by atoms with Gasteiger partial charge < -0.3 is 129 Å². The molecule has 7 aliphatic rings. The number of rotatable bonds is 37. The number of hydrogen-bond donors (Lipinski definition) is 14. The number of allylic oxidation sites excluding steroid dienone is 2. The van der Waals surface area contributed by atoms with Gasteiger partial charge in [-0.15, -0.1) is 0 Å². The number of carbonyl (C=O) groups is 2. The lowest BCUT2D eigenvalue weighted by Gasteiger charge is -2.70. The topological polar surface area (TPSA) is 423 Å². The molecule has 6 saturated heterocycles. The van der Waals surface area contributed by atoms with Crippen molar-refractivity contribution in [3.05, 3.63) is 71.8 Å². The molecule has 14 N–H and O–H groups in total. The molecule has 105 heavy (non-hydrogen) atoms. The van der Waals surface area contributed by atoms with Gasteiger partial charge in [0.05, 0.1) is 41.6 Å². The summed E-state index contributed by atoms with van der Waals surface area (Å²) in [7, 11) is 0. The minimum Gasteiger partial charge on any atom is -0.457 e. The van der Waals surface area contributed by atoms with Crippen LogP contribution in [0.25, 0.3) is 0 Å². The fourth-order valence-electron chi connectivity index (χ4n) is 14.9. The first-order valence-corrected chi connectivity index (χ1v) is 38.9. The van der Waals surface area contributed by atoms with E-state index in [1.165, 1.54) is 12.5 Å². The predicted molar refractivity (Wildman–Crippen MR) is 384 cm³/mol. The van der Waals surface area contributed by atoms with Gasteiger partial charge in [-0.25, -0.2) is 0 Å². The lowest BCUT2D eigenvalue weighted by Crippen LogP contribution is -2.98. The second-order valence-corrected chi connectivity index (χ2v) is 33.1. The zero-order valence-corrected chi connectivity index (χ0v) is 64.3. The Labute approximate surface area is 629 Å².